The van der Waals surface area contributed by atoms with Crippen molar-refractivity contribution in [3.63, 3.8) is 0 Å². The lowest BCUT2D eigenvalue weighted by molar-refractivity contribution is -0.0144. The van der Waals surface area contributed by atoms with Gasteiger partial charge in [-0.2, -0.15) is 10.2 Å². The second-order valence-electron chi connectivity index (χ2n) is 5.78. The van der Waals surface area contributed by atoms with Crippen LogP contribution >= 0.6 is 11.3 Å². The molecule has 0 amide bonds. The van der Waals surface area contributed by atoms with Crippen molar-refractivity contribution in [1.29, 1.82) is 0 Å². The SMILES string of the molecule is Cc1cn[nH]c1C1COCCN1Cc1cn[nH]c1-c1cccs1. The van der Waals surface area contributed by atoms with E-state index in [4.69, 9.17) is 4.74 Å². The Bertz CT molecular complexity index is 763. The van der Waals surface area contributed by atoms with Crippen LogP contribution in [0.3, 0.4) is 0 Å². The summed E-state index contributed by atoms with van der Waals surface area (Å²) in [4.78, 5) is 3.66. The summed E-state index contributed by atoms with van der Waals surface area (Å²) < 4.78 is 5.70. The third-order valence-electron chi connectivity index (χ3n) is 4.30. The second kappa shape index (κ2) is 6.27. The highest BCUT2D eigenvalue weighted by molar-refractivity contribution is 7.13. The molecule has 1 unspecified atom stereocenters. The van der Waals surface area contributed by atoms with Gasteiger partial charge in [-0.05, 0) is 23.9 Å². The molecule has 4 heterocycles. The minimum absolute atomic E-state index is 0.206. The number of aryl methyl sites for hydroxylation is 1. The first kappa shape index (κ1) is 14.6. The van der Waals surface area contributed by atoms with E-state index in [1.54, 1.807) is 11.3 Å². The van der Waals surface area contributed by atoms with Gasteiger partial charge in [0.05, 0.1) is 47.9 Å². The van der Waals surface area contributed by atoms with Crippen LogP contribution in [0, 0.1) is 6.92 Å². The summed E-state index contributed by atoms with van der Waals surface area (Å²) in [6, 6.07) is 4.39. The molecule has 3 aromatic rings. The number of hydrogen-bond donors (Lipinski definition) is 2. The van der Waals surface area contributed by atoms with Crippen molar-refractivity contribution >= 4 is 11.3 Å². The number of aromatic amines is 2. The molecule has 1 aliphatic rings. The van der Waals surface area contributed by atoms with Gasteiger partial charge in [0.15, 0.2) is 0 Å². The van der Waals surface area contributed by atoms with Crippen LogP contribution in [-0.2, 0) is 11.3 Å². The Morgan fingerprint density at radius 2 is 2.26 bits per heavy atom. The Hall–Kier alpha value is -1.96. The largest absolute Gasteiger partial charge is 0.378 e. The maximum atomic E-state index is 5.70. The van der Waals surface area contributed by atoms with E-state index in [9.17, 15) is 0 Å². The maximum Gasteiger partial charge on any atom is 0.0794 e. The number of ether oxygens (including phenoxy) is 1. The minimum atomic E-state index is 0.206. The summed E-state index contributed by atoms with van der Waals surface area (Å²) in [6.45, 7) is 5.28. The second-order valence-corrected chi connectivity index (χ2v) is 6.72. The van der Waals surface area contributed by atoms with E-state index >= 15 is 0 Å². The molecule has 1 aliphatic heterocycles. The van der Waals surface area contributed by atoms with Gasteiger partial charge in [0.1, 0.15) is 0 Å². The Labute approximate surface area is 138 Å². The number of nitrogens with zero attached hydrogens (tertiary/aromatic N) is 3. The first-order chi connectivity index (χ1) is 11.3. The van der Waals surface area contributed by atoms with Crippen molar-refractivity contribution in [1.82, 2.24) is 25.3 Å². The number of aromatic nitrogens is 4. The lowest BCUT2D eigenvalue weighted by Gasteiger charge is -2.35. The molecule has 0 bridgehead atoms. The van der Waals surface area contributed by atoms with Gasteiger partial charge in [0.25, 0.3) is 0 Å². The standard InChI is InChI=1S/C16H19N5OS/c1-11-7-17-19-15(11)13-10-22-5-4-21(13)9-12-8-18-20-16(12)14-3-2-6-23-14/h2-3,6-8,13H,4-5,9-10H2,1H3,(H,17,19)(H,18,20). The zero-order chi connectivity index (χ0) is 15.6. The molecule has 0 saturated carbocycles. The van der Waals surface area contributed by atoms with Crippen LogP contribution in [0.5, 0.6) is 0 Å². The highest BCUT2D eigenvalue weighted by Gasteiger charge is 2.28. The van der Waals surface area contributed by atoms with Gasteiger partial charge in [-0.1, -0.05) is 6.07 Å². The first-order valence-corrected chi connectivity index (χ1v) is 8.58. The number of nitrogens with one attached hydrogen (secondary N) is 2. The summed E-state index contributed by atoms with van der Waals surface area (Å²) in [5, 5.41) is 16.8. The molecule has 120 valence electrons. The predicted molar refractivity (Wildman–Crippen MR) is 89.2 cm³/mol. The third-order valence-corrected chi connectivity index (χ3v) is 5.19. The Kier molecular flexibility index (Phi) is 3.99. The molecule has 3 aromatic heterocycles. The number of thiophene rings is 1. The van der Waals surface area contributed by atoms with E-state index in [0.29, 0.717) is 6.61 Å². The summed E-state index contributed by atoms with van der Waals surface area (Å²) in [5.41, 5.74) is 4.66. The highest BCUT2D eigenvalue weighted by atomic mass is 32.1. The lowest BCUT2D eigenvalue weighted by atomic mass is 10.1. The van der Waals surface area contributed by atoms with E-state index in [-0.39, 0.29) is 6.04 Å². The zero-order valence-corrected chi connectivity index (χ0v) is 13.8. The summed E-state index contributed by atoms with van der Waals surface area (Å²) >= 11 is 1.73. The molecule has 23 heavy (non-hydrogen) atoms. The van der Waals surface area contributed by atoms with E-state index in [0.717, 1.165) is 31.1 Å². The van der Waals surface area contributed by atoms with Gasteiger partial charge in [-0.15, -0.1) is 11.3 Å². The normalized spacial score (nSPS) is 19.3. The summed E-state index contributed by atoms with van der Waals surface area (Å²) in [7, 11) is 0. The summed E-state index contributed by atoms with van der Waals surface area (Å²) in [6.07, 6.45) is 3.80. The van der Waals surface area contributed by atoms with Crippen molar-refractivity contribution < 1.29 is 4.74 Å². The maximum absolute atomic E-state index is 5.70. The summed E-state index contributed by atoms with van der Waals surface area (Å²) in [5.74, 6) is 0. The molecule has 7 heteroatoms. The lowest BCUT2D eigenvalue weighted by Crippen LogP contribution is -2.39. The molecule has 1 saturated heterocycles. The number of H-pyrrole nitrogens is 2. The van der Waals surface area contributed by atoms with Crippen molar-refractivity contribution in [2.45, 2.75) is 19.5 Å². The van der Waals surface area contributed by atoms with E-state index in [2.05, 4.69) is 49.7 Å². The molecule has 2 N–H and O–H groups in total. The quantitative estimate of drug-likeness (QED) is 0.772. The molecular formula is C16H19N5OS. The van der Waals surface area contributed by atoms with Crippen LogP contribution in [0.25, 0.3) is 10.6 Å². The Balaban J connectivity index is 1.60. The molecule has 4 rings (SSSR count). The number of morpholine rings is 1. The average Bonchev–Trinajstić information content (AvgIpc) is 3.29. The fourth-order valence-corrected chi connectivity index (χ4v) is 3.83. The number of rotatable bonds is 4. The van der Waals surface area contributed by atoms with Crippen LogP contribution in [0.4, 0.5) is 0 Å². The van der Waals surface area contributed by atoms with Crippen molar-refractivity contribution in [2.75, 3.05) is 19.8 Å². The van der Waals surface area contributed by atoms with E-state index < -0.39 is 0 Å². The van der Waals surface area contributed by atoms with Crippen LogP contribution in [0.1, 0.15) is 22.9 Å². The van der Waals surface area contributed by atoms with Gasteiger partial charge in [-0.3, -0.25) is 15.1 Å². The van der Waals surface area contributed by atoms with Gasteiger partial charge >= 0.3 is 0 Å². The molecule has 0 spiro atoms. The fourth-order valence-electron chi connectivity index (χ4n) is 3.07. The van der Waals surface area contributed by atoms with Gasteiger partial charge < -0.3 is 4.74 Å². The number of hydrogen-bond acceptors (Lipinski definition) is 5. The van der Waals surface area contributed by atoms with Gasteiger partial charge in [0, 0.05) is 18.7 Å². The topological polar surface area (TPSA) is 69.8 Å². The average molecular weight is 329 g/mol. The molecule has 0 radical (unpaired) electrons. The Morgan fingerprint density at radius 3 is 3.04 bits per heavy atom. The van der Waals surface area contributed by atoms with Gasteiger partial charge in [-0.25, -0.2) is 0 Å². The molecule has 0 aromatic carbocycles. The third kappa shape index (κ3) is 2.83. The van der Waals surface area contributed by atoms with Crippen LogP contribution in [-0.4, -0.2) is 45.1 Å². The van der Waals surface area contributed by atoms with Crippen LogP contribution in [0.15, 0.2) is 29.9 Å². The monoisotopic (exact) mass is 329 g/mol. The van der Waals surface area contributed by atoms with Crippen LogP contribution < -0.4 is 0 Å². The molecular weight excluding hydrogens is 310 g/mol. The molecule has 1 fully saturated rings. The predicted octanol–water partition coefficient (Wildman–Crippen LogP) is 2.74. The minimum Gasteiger partial charge on any atom is -0.378 e. The van der Waals surface area contributed by atoms with Crippen molar-refractivity contribution in [3.05, 3.63) is 46.7 Å². The molecule has 0 aliphatic carbocycles. The van der Waals surface area contributed by atoms with Crippen molar-refractivity contribution in [2.24, 2.45) is 0 Å². The smallest absolute Gasteiger partial charge is 0.0794 e. The first-order valence-electron chi connectivity index (χ1n) is 7.70. The molecule has 6 nitrogen and oxygen atoms in total. The Morgan fingerprint density at radius 1 is 1.35 bits per heavy atom. The zero-order valence-electron chi connectivity index (χ0n) is 13.0. The highest BCUT2D eigenvalue weighted by Crippen LogP contribution is 2.30. The van der Waals surface area contributed by atoms with Crippen LogP contribution in [0.2, 0.25) is 0 Å². The van der Waals surface area contributed by atoms with Gasteiger partial charge in [0.2, 0.25) is 0 Å². The van der Waals surface area contributed by atoms with E-state index in [1.165, 1.54) is 16.0 Å². The van der Waals surface area contributed by atoms with Crippen molar-refractivity contribution in [3.8, 4) is 10.6 Å². The molecule has 1 atom stereocenters. The fraction of sp³-hybridized carbons (Fsp3) is 0.375. The van der Waals surface area contributed by atoms with E-state index in [1.807, 2.05) is 12.4 Å².